The van der Waals surface area contributed by atoms with Crippen molar-refractivity contribution in [3.05, 3.63) is 24.3 Å². The van der Waals surface area contributed by atoms with Crippen LogP contribution in [0, 0.1) is 11.8 Å². The van der Waals surface area contributed by atoms with E-state index < -0.39 is 11.8 Å². The summed E-state index contributed by atoms with van der Waals surface area (Å²) in [5.74, 6) is 0.447. The SMILES string of the molecule is CC(C)COc1ccc(NC(=O)C(=O)N[C@@H]2CCCC[C@H]2C)cc1. The molecule has 0 spiro atoms. The highest BCUT2D eigenvalue weighted by molar-refractivity contribution is 6.39. The van der Waals surface area contributed by atoms with Crippen LogP contribution in [0.3, 0.4) is 0 Å². The zero-order chi connectivity index (χ0) is 17.5. The van der Waals surface area contributed by atoms with Crippen LogP contribution in [0.4, 0.5) is 5.69 Å². The van der Waals surface area contributed by atoms with Gasteiger partial charge < -0.3 is 15.4 Å². The van der Waals surface area contributed by atoms with E-state index in [2.05, 4.69) is 31.4 Å². The van der Waals surface area contributed by atoms with Gasteiger partial charge in [-0.3, -0.25) is 9.59 Å². The molecule has 0 unspecified atom stereocenters. The molecule has 0 aliphatic heterocycles. The fraction of sp³-hybridized carbons (Fsp3) is 0.579. The maximum absolute atomic E-state index is 12.1. The maximum atomic E-state index is 12.1. The van der Waals surface area contributed by atoms with E-state index in [1.807, 2.05) is 0 Å². The van der Waals surface area contributed by atoms with Gasteiger partial charge in [-0.15, -0.1) is 0 Å². The predicted octanol–water partition coefficient (Wildman–Crippen LogP) is 3.35. The second-order valence-corrected chi connectivity index (χ2v) is 7.03. The van der Waals surface area contributed by atoms with Crippen LogP contribution in [0.5, 0.6) is 5.75 Å². The Morgan fingerprint density at radius 1 is 1.12 bits per heavy atom. The van der Waals surface area contributed by atoms with Gasteiger partial charge in [-0.05, 0) is 48.9 Å². The van der Waals surface area contributed by atoms with Crippen LogP contribution in [0.2, 0.25) is 0 Å². The van der Waals surface area contributed by atoms with Crippen molar-refractivity contribution in [1.82, 2.24) is 5.32 Å². The first-order valence-corrected chi connectivity index (χ1v) is 8.80. The van der Waals surface area contributed by atoms with Gasteiger partial charge in [-0.2, -0.15) is 0 Å². The molecular weight excluding hydrogens is 304 g/mol. The monoisotopic (exact) mass is 332 g/mol. The summed E-state index contributed by atoms with van der Waals surface area (Å²) in [4.78, 5) is 24.1. The fourth-order valence-corrected chi connectivity index (χ4v) is 2.85. The minimum absolute atomic E-state index is 0.101. The van der Waals surface area contributed by atoms with E-state index in [1.54, 1.807) is 24.3 Å². The van der Waals surface area contributed by atoms with Crippen LogP contribution < -0.4 is 15.4 Å². The zero-order valence-corrected chi connectivity index (χ0v) is 14.8. The zero-order valence-electron chi connectivity index (χ0n) is 14.8. The number of hydrogen-bond donors (Lipinski definition) is 2. The van der Waals surface area contributed by atoms with Crippen molar-refractivity contribution in [2.24, 2.45) is 11.8 Å². The third kappa shape index (κ3) is 5.55. The number of carbonyl (C=O) groups is 2. The summed E-state index contributed by atoms with van der Waals surface area (Å²) in [6.07, 6.45) is 4.35. The lowest BCUT2D eigenvalue weighted by atomic mass is 9.86. The average Bonchev–Trinajstić information content (AvgIpc) is 2.56. The van der Waals surface area contributed by atoms with Gasteiger partial charge in [0.2, 0.25) is 0 Å². The highest BCUT2D eigenvalue weighted by atomic mass is 16.5. The number of carbonyl (C=O) groups excluding carboxylic acids is 2. The van der Waals surface area contributed by atoms with Crippen molar-refractivity contribution in [2.45, 2.75) is 52.5 Å². The van der Waals surface area contributed by atoms with Crippen LogP contribution in [0.15, 0.2) is 24.3 Å². The normalized spacial score (nSPS) is 20.5. The summed E-state index contributed by atoms with van der Waals surface area (Å²) in [7, 11) is 0. The van der Waals surface area contributed by atoms with Crippen molar-refractivity contribution in [3.8, 4) is 5.75 Å². The molecule has 2 rings (SSSR count). The molecule has 2 amide bonds. The van der Waals surface area contributed by atoms with Crippen LogP contribution in [0.1, 0.15) is 46.5 Å². The summed E-state index contributed by atoms with van der Waals surface area (Å²) in [5, 5.41) is 5.49. The molecule has 1 aliphatic carbocycles. The molecule has 5 nitrogen and oxygen atoms in total. The molecule has 1 aromatic carbocycles. The van der Waals surface area contributed by atoms with E-state index in [0.29, 0.717) is 24.1 Å². The van der Waals surface area contributed by atoms with E-state index in [1.165, 1.54) is 6.42 Å². The van der Waals surface area contributed by atoms with Crippen molar-refractivity contribution >= 4 is 17.5 Å². The van der Waals surface area contributed by atoms with Gasteiger partial charge in [0.1, 0.15) is 5.75 Å². The molecule has 0 aromatic heterocycles. The number of ether oxygens (including phenoxy) is 1. The minimum Gasteiger partial charge on any atom is -0.493 e. The molecule has 1 fully saturated rings. The van der Waals surface area contributed by atoms with E-state index in [4.69, 9.17) is 4.74 Å². The Balaban J connectivity index is 1.83. The van der Waals surface area contributed by atoms with E-state index in [-0.39, 0.29) is 6.04 Å². The highest BCUT2D eigenvalue weighted by Crippen LogP contribution is 2.23. The lowest BCUT2D eigenvalue weighted by Gasteiger charge is -2.29. The standard InChI is InChI=1S/C19H28N2O3/c1-13(2)12-24-16-10-8-15(9-11-16)20-18(22)19(23)21-17-7-5-4-6-14(17)3/h8-11,13-14,17H,4-7,12H2,1-3H3,(H,20,22)(H,21,23)/t14-,17-/m1/s1. The van der Waals surface area contributed by atoms with Gasteiger partial charge in [0.15, 0.2) is 0 Å². The van der Waals surface area contributed by atoms with Gasteiger partial charge in [0.25, 0.3) is 0 Å². The van der Waals surface area contributed by atoms with Crippen LogP contribution in [0.25, 0.3) is 0 Å². The third-order valence-electron chi connectivity index (χ3n) is 4.33. The molecule has 1 aliphatic rings. The summed E-state index contributed by atoms with van der Waals surface area (Å²) in [5.41, 5.74) is 0.587. The summed E-state index contributed by atoms with van der Waals surface area (Å²) in [6, 6.07) is 7.16. The van der Waals surface area contributed by atoms with Crippen LogP contribution in [-0.2, 0) is 9.59 Å². The van der Waals surface area contributed by atoms with E-state index in [9.17, 15) is 9.59 Å². The molecule has 1 aromatic rings. The highest BCUT2D eigenvalue weighted by Gasteiger charge is 2.25. The average molecular weight is 332 g/mol. The van der Waals surface area contributed by atoms with Gasteiger partial charge in [0, 0.05) is 11.7 Å². The summed E-state index contributed by atoms with van der Waals surface area (Å²) < 4.78 is 5.60. The number of hydrogen-bond acceptors (Lipinski definition) is 3. The third-order valence-corrected chi connectivity index (χ3v) is 4.33. The molecular formula is C19H28N2O3. The molecule has 0 radical (unpaired) electrons. The van der Waals surface area contributed by atoms with Crippen LogP contribution in [-0.4, -0.2) is 24.5 Å². The quantitative estimate of drug-likeness (QED) is 0.813. The van der Waals surface area contributed by atoms with E-state index >= 15 is 0 Å². The number of benzene rings is 1. The van der Waals surface area contributed by atoms with Crippen molar-refractivity contribution in [3.63, 3.8) is 0 Å². The van der Waals surface area contributed by atoms with Gasteiger partial charge in [0.05, 0.1) is 6.61 Å². The van der Waals surface area contributed by atoms with Crippen molar-refractivity contribution in [2.75, 3.05) is 11.9 Å². The minimum atomic E-state index is -0.622. The Bertz CT molecular complexity index is 554. The Morgan fingerprint density at radius 3 is 2.42 bits per heavy atom. The lowest BCUT2D eigenvalue weighted by molar-refractivity contribution is -0.137. The Hall–Kier alpha value is -2.04. The summed E-state index contributed by atoms with van der Waals surface area (Å²) in [6.45, 7) is 6.94. The molecule has 1 saturated carbocycles. The fourth-order valence-electron chi connectivity index (χ4n) is 2.85. The Kier molecular flexibility index (Phi) is 6.64. The molecule has 24 heavy (non-hydrogen) atoms. The summed E-state index contributed by atoms with van der Waals surface area (Å²) >= 11 is 0. The molecule has 0 bridgehead atoms. The molecule has 0 heterocycles. The molecule has 5 heteroatoms. The van der Waals surface area contributed by atoms with Crippen LogP contribution >= 0.6 is 0 Å². The largest absolute Gasteiger partial charge is 0.493 e. The Morgan fingerprint density at radius 2 is 1.79 bits per heavy atom. The molecule has 132 valence electrons. The number of anilines is 1. The van der Waals surface area contributed by atoms with Gasteiger partial charge >= 0.3 is 11.8 Å². The topological polar surface area (TPSA) is 67.4 Å². The number of amides is 2. The molecule has 2 atom stereocenters. The maximum Gasteiger partial charge on any atom is 0.313 e. The van der Waals surface area contributed by atoms with E-state index in [0.717, 1.165) is 25.0 Å². The first-order chi connectivity index (χ1) is 11.5. The predicted molar refractivity (Wildman–Crippen MR) is 95.0 cm³/mol. The smallest absolute Gasteiger partial charge is 0.313 e. The molecule has 2 N–H and O–H groups in total. The number of nitrogens with one attached hydrogen (secondary N) is 2. The van der Waals surface area contributed by atoms with Crippen molar-refractivity contribution < 1.29 is 14.3 Å². The second kappa shape index (κ2) is 8.71. The lowest BCUT2D eigenvalue weighted by Crippen LogP contribution is -2.45. The molecule has 0 saturated heterocycles. The van der Waals surface area contributed by atoms with Gasteiger partial charge in [-0.25, -0.2) is 0 Å². The first-order valence-electron chi connectivity index (χ1n) is 8.80. The second-order valence-electron chi connectivity index (χ2n) is 7.03. The van der Waals surface area contributed by atoms with Crippen molar-refractivity contribution in [1.29, 1.82) is 0 Å². The first kappa shape index (κ1) is 18.3. The van der Waals surface area contributed by atoms with Gasteiger partial charge in [-0.1, -0.05) is 33.6 Å². The number of rotatable bonds is 5. The Labute approximate surface area is 144 Å².